The van der Waals surface area contributed by atoms with E-state index >= 15 is 0 Å². The molecule has 0 spiro atoms. The van der Waals surface area contributed by atoms with Crippen LogP contribution in [0.5, 0.6) is 5.75 Å². The van der Waals surface area contributed by atoms with E-state index in [1.54, 1.807) is 19.4 Å². The number of ether oxygens (including phenoxy) is 1. The largest absolute Gasteiger partial charge is 0.496 e. The summed E-state index contributed by atoms with van der Waals surface area (Å²) in [7, 11) is 1.64. The third kappa shape index (κ3) is 4.21. The molecule has 1 aliphatic rings. The second-order valence-electron chi connectivity index (χ2n) is 7.73. The van der Waals surface area contributed by atoms with Gasteiger partial charge in [-0.2, -0.15) is 0 Å². The maximum Gasteiger partial charge on any atom is 0.244 e. The molecule has 4 nitrogen and oxygen atoms in total. The lowest BCUT2D eigenvalue weighted by Gasteiger charge is -2.22. The molecule has 0 atom stereocenters. The maximum absolute atomic E-state index is 12.5. The molecule has 3 aromatic rings. The van der Waals surface area contributed by atoms with Gasteiger partial charge in [0, 0.05) is 34.7 Å². The van der Waals surface area contributed by atoms with Crippen molar-refractivity contribution in [3.05, 3.63) is 60.4 Å². The average Bonchev–Trinajstić information content (AvgIpc) is 3.17. The average molecular weight is 389 g/mol. The van der Waals surface area contributed by atoms with Crippen molar-refractivity contribution in [1.82, 2.24) is 5.32 Å². The third-order valence-corrected chi connectivity index (χ3v) is 5.70. The van der Waals surface area contributed by atoms with Gasteiger partial charge in [-0.25, -0.2) is 0 Å². The highest BCUT2D eigenvalue weighted by Crippen LogP contribution is 2.37. The van der Waals surface area contributed by atoms with Gasteiger partial charge in [-0.1, -0.05) is 49.6 Å². The van der Waals surface area contributed by atoms with E-state index in [0.717, 1.165) is 46.1 Å². The number of hydrogen-bond donors (Lipinski definition) is 1. The van der Waals surface area contributed by atoms with Gasteiger partial charge in [-0.05, 0) is 37.0 Å². The number of rotatable bonds is 5. The van der Waals surface area contributed by atoms with E-state index in [-0.39, 0.29) is 5.91 Å². The Morgan fingerprint density at radius 3 is 2.62 bits per heavy atom. The molecule has 2 aromatic carbocycles. The van der Waals surface area contributed by atoms with Crippen LogP contribution < -0.4 is 10.1 Å². The first kappa shape index (κ1) is 19.3. The minimum Gasteiger partial charge on any atom is -0.496 e. The number of allylic oxidation sites excluding steroid dienone is 1. The topological polar surface area (TPSA) is 51.5 Å². The fourth-order valence-electron chi connectivity index (χ4n) is 4.14. The molecule has 29 heavy (non-hydrogen) atoms. The molecule has 1 amide bonds. The van der Waals surface area contributed by atoms with Crippen molar-refractivity contribution in [2.45, 2.75) is 45.1 Å². The summed E-state index contributed by atoms with van der Waals surface area (Å²) in [6.45, 7) is 1.95. The number of amides is 1. The van der Waals surface area contributed by atoms with E-state index < -0.39 is 0 Å². The van der Waals surface area contributed by atoms with E-state index in [2.05, 4.69) is 23.5 Å². The Labute approximate surface area is 171 Å². The Kier molecular flexibility index (Phi) is 5.70. The maximum atomic E-state index is 12.5. The van der Waals surface area contributed by atoms with Crippen molar-refractivity contribution in [1.29, 1.82) is 0 Å². The summed E-state index contributed by atoms with van der Waals surface area (Å²) in [5, 5.41) is 4.16. The molecule has 1 N–H and O–H groups in total. The van der Waals surface area contributed by atoms with Crippen LogP contribution >= 0.6 is 0 Å². The quantitative estimate of drug-likeness (QED) is 0.548. The highest BCUT2D eigenvalue weighted by atomic mass is 16.5. The molecule has 1 aromatic heterocycles. The normalized spacial score (nSPS) is 15.4. The molecule has 1 fully saturated rings. The van der Waals surface area contributed by atoms with E-state index in [4.69, 9.17) is 9.15 Å². The van der Waals surface area contributed by atoms with Crippen molar-refractivity contribution >= 4 is 22.4 Å². The SMILES string of the molecule is COc1cc2occ(-c3ccccc3)c2cc1/C(C)=C/C(=O)NC1CCCCC1. The zero-order valence-electron chi connectivity index (χ0n) is 17.0. The molecule has 1 aliphatic carbocycles. The number of carbonyl (C=O) groups excluding carboxylic acids is 1. The van der Waals surface area contributed by atoms with Gasteiger partial charge in [0.2, 0.25) is 5.91 Å². The van der Waals surface area contributed by atoms with Crippen molar-refractivity contribution in [3.8, 4) is 16.9 Å². The van der Waals surface area contributed by atoms with Crippen LogP contribution in [0.25, 0.3) is 27.7 Å². The molecule has 0 saturated heterocycles. The monoisotopic (exact) mass is 389 g/mol. The van der Waals surface area contributed by atoms with Gasteiger partial charge in [0.05, 0.1) is 13.4 Å². The number of furan rings is 1. The van der Waals surface area contributed by atoms with Crippen LogP contribution in [0.3, 0.4) is 0 Å². The van der Waals surface area contributed by atoms with Crippen LogP contribution in [0, 0.1) is 0 Å². The highest BCUT2D eigenvalue weighted by Gasteiger charge is 2.17. The van der Waals surface area contributed by atoms with E-state index in [1.807, 2.05) is 31.2 Å². The van der Waals surface area contributed by atoms with E-state index in [1.165, 1.54) is 19.3 Å². The van der Waals surface area contributed by atoms with Crippen LogP contribution in [0.15, 0.2) is 59.2 Å². The summed E-state index contributed by atoms with van der Waals surface area (Å²) in [6.07, 6.45) is 9.26. The molecule has 1 heterocycles. The van der Waals surface area contributed by atoms with Crippen LogP contribution in [0.1, 0.15) is 44.6 Å². The number of benzene rings is 2. The van der Waals surface area contributed by atoms with Crippen LogP contribution in [-0.2, 0) is 4.79 Å². The Morgan fingerprint density at radius 1 is 1.14 bits per heavy atom. The smallest absolute Gasteiger partial charge is 0.244 e. The van der Waals surface area contributed by atoms with Gasteiger partial charge in [-0.3, -0.25) is 4.79 Å². The molecular weight excluding hydrogens is 362 g/mol. The lowest BCUT2D eigenvalue weighted by molar-refractivity contribution is -0.117. The minimum absolute atomic E-state index is 0.0352. The van der Waals surface area contributed by atoms with Crippen molar-refractivity contribution in [3.63, 3.8) is 0 Å². The number of nitrogens with one attached hydrogen (secondary N) is 1. The first-order valence-electron chi connectivity index (χ1n) is 10.3. The van der Waals surface area contributed by atoms with Gasteiger partial charge in [0.25, 0.3) is 0 Å². The molecular formula is C25H27NO3. The van der Waals surface area contributed by atoms with Crippen molar-refractivity contribution in [2.24, 2.45) is 0 Å². The fourth-order valence-corrected chi connectivity index (χ4v) is 4.14. The first-order chi connectivity index (χ1) is 14.2. The van der Waals surface area contributed by atoms with Crippen LogP contribution in [0.4, 0.5) is 0 Å². The lowest BCUT2D eigenvalue weighted by atomic mass is 9.95. The molecule has 4 rings (SSSR count). The molecule has 1 saturated carbocycles. The Bertz CT molecular complexity index is 1030. The summed E-state index contributed by atoms with van der Waals surface area (Å²) in [4.78, 5) is 12.5. The summed E-state index contributed by atoms with van der Waals surface area (Å²) >= 11 is 0. The van der Waals surface area contributed by atoms with Crippen LogP contribution in [0.2, 0.25) is 0 Å². The highest BCUT2D eigenvalue weighted by molar-refractivity contribution is 6.00. The molecule has 0 radical (unpaired) electrons. The number of hydrogen-bond acceptors (Lipinski definition) is 3. The standard InChI is InChI=1S/C25H27NO3/c1-17(13-25(27)26-19-11-7-4-8-12-19)20-14-21-22(18-9-5-3-6-10-18)16-29-24(21)15-23(20)28-2/h3,5-6,9-10,13-16,19H,4,7-8,11-12H2,1-2H3,(H,26,27)/b17-13+. The van der Waals surface area contributed by atoms with Crippen LogP contribution in [-0.4, -0.2) is 19.1 Å². The van der Waals surface area contributed by atoms with E-state index in [9.17, 15) is 4.79 Å². The molecule has 0 aliphatic heterocycles. The number of methoxy groups -OCH3 is 1. The van der Waals surface area contributed by atoms with Gasteiger partial charge in [0.15, 0.2) is 0 Å². The van der Waals surface area contributed by atoms with Gasteiger partial charge < -0.3 is 14.5 Å². The number of fused-ring (bicyclic) bond motifs is 1. The van der Waals surface area contributed by atoms with Crippen molar-refractivity contribution in [2.75, 3.05) is 7.11 Å². The molecule has 4 heteroatoms. The molecule has 0 unspecified atom stereocenters. The predicted octanol–water partition coefficient (Wildman–Crippen LogP) is 5.96. The second kappa shape index (κ2) is 8.56. The van der Waals surface area contributed by atoms with E-state index in [0.29, 0.717) is 11.8 Å². The van der Waals surface area contributed by atoms with Gasteiger partial charge in [0.1, 0.15) is 11.3 Å². The summed E-state index contributed by atoms with van der Waals surface area (Å²) in [5.74, 6) is 0.665. The lowest BCUT2D eigenvalue weighted by Crippen LogP contribution is -2.35. The fraction of sp³-hybridized carbons (Fsp3) is 0.320. The summed E-state index contributed by atoms with van der Waals surface area (Å²) < 4.78 is 11.4. The summed E-state index contributed by atoms with van der Waals surface area (Å²) in [6, 6.07) is 14.4. The summed E-state index contributed by atoms with van der Waals surface area (Å²) in [5.41, 5.74) is 4.67. The second-order valence-corrected chi connectivity index (χ2v) is 7.73. The van der Waals surface area contributed by atoms with Gasteiger partial charge >= 0.3 is 0 Å². The predicted molar refractivity (Wildman–Crippen MR) is 117 cm³/mol. The zero-order chi connectivity index (χ0) is 20.2. The molecule has 150 valence electrons. The first-order valence-corrected chi connectivity index (χ1v) is 10.3. The number of carbonyl (C=O) groups is 1. The Balaban J connectivity index is 1.67. The Hall–Kier alpha value is -3.01. The Morgan fingerprint density at radius 2 is 1.90 bits per heavy atom. The third-order valence-electron chi connectivity index (χ3n) is 5.70. The molecule has 0 bridgehead atoms. The van der Waals surface area contributed by atoms with Gasteiger partial charge in [-0.15, -0.1) is 0 Å². The zero-order valence-corrected chi connectivity index (χ0v) is 17.0. The van der Waals surface area contributed by atoms with Crippen molar-refractivity contribution < 1.29 is 13.9 Å². The minimum atomic E-state index is -0.0352.